The molecule has 112 valence electrons. The van der Waals surface area contributed by atoms with Gasteiger partial charge in [0, 0.05) is 32.4 Å². The lowest BCUT2D eigenvalue weighted by atomic mass is 10.1. The number of hydrogen-bond acceptors (Lipinski definition) is 3. The normalized spacial score (nSPS) is 19.6. The van der Waals surface area contributed by atoms with Crippen LogP contribution in [-0.2, 0) is 6.18 Å². The van der Waals surface area contributed by atoms with Gasteiger partial charge >= 0.3 is 6.18 Å². The number of piperazine rings is 1. The summed E-state index contributed by atoms with van der Waals surface area (Å²) in [6, 6.07) is 1.29. The minimum Gasteiger partial charge on any atom is -0.354 e. The molecule has 0 spiro atoms. The van der Waals surface area contributed by atoms with E-state index in [2.05, 4.69) is 15.2 Å². The van der Waals surface area contributed by atoms with E-state index in [1.54, 1.807) is 0 Å². The fourth-order valence-corrected chi connectivity index (χ4v) is 2.47. The second kappa shape index (κ2) is 5.77. The van der Waals surface area contributed by atoms with Gasteiger partial charge in [0.05, 0.1) is 5.56 Å². The Balaban J connectivity index is 0.00000147. The van der Waals surface area contributed by atoms with E-state index >= 15 is 0 Å². The first kappa shape index (κ1) is 15.4. The van der Waals surface area contributed by atoms with E-state index in [1.165, 1.54) is 6.07 Å². The first-order valence-corrected chi connectivity index (χ1v) is 6.58. The predicted molar refractivity (Wildman–Crippen MR) is 73.5 cm³/mol. The standard InChI is InChI=1S/C13H16F3N3.ClH/c14-13(15,16)10-7-11(9-1-2-9)12(18-8-10)19-5-3-17-4-6-19;/h7-9,17H,1-6H2;1H. The number of anilines is 1. The number of pyridine rings is 1. The molecule has 0 unspecified atom stereocenters. The van der Waals surface area contributed by atoms with Crippen molar-refractivity contribution in [3.8, 4) is 0 Å². The quantitative estimate of drug-likeness (QED) is 0.910. The summed E-state index contributed by atoms with van der Waals surface area (Å²) >= 11 is 0. The summed E-state index contributed by atoms with van der Waals surface area (Å²) in [5.41, 5.74) is 0.144. The van der Waals surface area contributed by atoms with Crippen LogP contribution >= 0.6 is 12.4 Å². The first-order valence-electron chi connectivity index (χ1n) is 6.58. The van der Waals surface area contributed by atoms with Crippen LogP contribution in [0.25, 0.3) is 0 Å². The van der Waals surface area contributed by atoms with Crippen LogP contribution in [0.15, 0.2) is 12.3 Å². The van der Waals surface area contributed by atoms with Crippen LogP contribution in [0.2, 0.25) is 0 Å². The maximum atomic E-state index is 12.8. The molecule has 1 aliphatic carbocycles. The summed E-state index contributed by atoms with van der Waals surface area (Å²) < 4.78 is 38.3. The summed E-state index contributed by atoms with van der Waals surface area (Å²) in [6.45, 7) is 3.32. The highest BCUT2D eigenvalue weighted by atomic mass is 35.5. The zero-order valence-corrected chi connectivity index (χ0v) is 11.7. The van der Waals surface area contributed by atoms with Gasteiger partial charge in [0.2, 0.25) is 0 Å². The average molecular weight is 308 g/mol. The van der Waals surface area contributed by atoms with Gasteiger partial charge in [0.15, 0.2) is 0 Å². The SMILES string of the molecule is Cl.FC(F)(F)c1cnc(N2CCNCC2)c(C2CC2)c1. The molecule has 3 rings (SSSR count). The lowest BCUT2D eigenvalue weighted by Gasteiger charge is -2.30. The smallest absolute Gasteiger partial charge is 0.354 e. The molecule has 1 saturated carbocycles. The van der Waals surface area contributed by atoms with Gasteiger partial charge in [-0.25, -0.2) is 4.98 Å². The number of nitrogens with one attached hydrogen (secondary N) is 1. The molecule has 1 aromatic rings. The molecule has 1 N–H and O–H groups in total. The predicted octanol–water partition coefficient (Wildman–Crippen LogP) is 2.81. The average Bonchev–Trinajstić information content (AvgIpc) is 3.22. The maximum Gasteiger partial charge on any atom is 0.417 e. The van der Waals surface area contributed by atoms with E-state index in [9.17, 15) is 13.2 Å². The Kier molecular flexibility index (Phi) is 4.44. The molecule has 0 amide bonds. The van der Waals surface area contributed by atoms with Gasteiger partial charge in [-0.15, -0.1) is 12.4 Å². The van der Waals surface area contributed by atoms with Crippen molar-refractivity contribution in [1.82, 2.24) is 10.3 Å². The van der Waals surface area contributed by atoms with Crippen LogP contribution < -0.4 is 10.2 Å². The van der Waals surface area contributed by atoms with Crippen LogP contribution in [0.4, 0.5) is 19.0 Å². The highest BCUT2D eigenvalue weighted by Gasteiger charge is 2.35. The zero-order chi connectivity index (χ0) is 13.5. The third kappa shape index (κ3) is 3.17. The molecule has 0 bridgehead atoms. The zero-order valence-electron chi connectivity index (χ0n) is 10.9. The minimum atomic E-state index is -4.31. The Morgan fingerprint density at radius 2 is 1.85 bits per heavy atom. The molecule has 0 atom stereocenters. The van der Waals surface area contributed by atoms with Crippen LogP contribution in [0.5, 0.6) is 0 Å². The number of hydrogen-bond donors (Lipinski definition) is 1. The van der Waals surface area contributed by atoms with E-state index in [4.69, 9.17) is 0 Å². The van der Waals surface area contributed by atoms with Gasteiger partial charge in [-0.1, -0.05) is 0 Å². The van der Waals surface area contributed by atoms with Crippen LogP contribution in [0.1, 0.15) is 29.9 Å². The second-order valence-electron chi connectivity index (χ2n) is 5.15. The first-order chi connectivity index (χ1) is 9.05. The van der Waals surface area contributed by atoms with Gasteiger partial charge in [0.25, 0.3) is 0 Å². The number of aromatic nitrogens is 1. The Labute approximate surface area is 122 Å². The molecule has 20 heavy (non-hydrogen) atoms. The number of nitrogens with zero attached hydrogens (tertiary/aromatic N) is 2. The van der Waals surface area contributed by atoms with Gasteiger partial charge in [-0.2, -0.15) is 13.2 Å². The summed E-state index contributed by atoms with van der Waals surface area (Å²) in [4.78, 5) is 6.20. The molecule has 0 aromatic carbocycles. The maximum absolute atomic E-state index is 12.8. The van der Waals surface area contributed by atoms with Crippen LogP contribution in [0.3, 0.4) is 0 Å². The minimum absolute atomic E-state index is 0. The third-order valence-corrected chi connectivity index (χ3v) is 3.66. The molecule has 1 aromatic heterocycles. The summed E-state index contributed by atoms with van der Waals surface area (Å²) in [5.74, 6) is 1.01. The molecule has 2 heterocycles. The van der Waals surface area contributed by atoms with E-state index in [0.717, 1.165) is 56.6 Å². The van der Waals surface area contributed by atoms with Crippen molar-refractivity contribution in [3.63, 3.8) is 0 Å². The van der Waals surface area contributed by atoms with Crippen molar-refractivity contribution in [1.29, 1.82) is 0 Å². The molecule has 1 saturated heterocycles. The Morgan fingerprint density at radius 3 is 2.40 bits per heavy atom. The van der Waals surface area contributed by atoms with Crippen molar-refractivity contribution in [3.05, 3.63) is 23.4 Å². The second-order valence-corrected chi connectivity index (χ2v) is 5.15. The Morgan fingerprint density at radius 1 is 1.20 bits per heavy atom. The Hall–Kier alpha value is -1.01. The van der Waals surface area contributed by atoms with Crippen molar-refractivity contribution >= 4 is 18.2 Å². The van der Waals surface area contributed by atoms with Crippen molar-refractivity contribution in [2.75, 3.05) is 31.1 Å². The molecule has 3 nitrogen and oxygen atoms in total. The van der Waals surface area contributed by atoms with Gasteiger partial charge in [-0.05, 0) is 30.4 Å². The van der Waals surface area contributed by atoms with Gasteiger partial charge in [-0.3, -0.25) is 0 Å². The molecular weight excluding hydrogens is 291 g/mol. The monoisotopic (exact) mass is 307 g/mol. The van der Waals surface area contributed by atoms with Crippen LogP contribution in [0, 0.1) is 0 Å². The molecule has 2 aliphatic rings. The lowest BCUT2D eigenvalue weighted by molar-refractivity contribution is -0.137. The largest absolute Gasteiger partial charge is 0.417 e. The summed E-state index contributed by atoms with van der Waals surface area (Å²) in [5, 5.41) is 3.23. The third-order valence-electron chi connectivity index (χ3n) is 3.66. The molecule has 7 heteroatoms. The fourth-order valence-electron chi connectivity index (χ4n) is 2.47. The fraction of sp³-hybridized carbons (Fsp3) is 0.615. The van der Waals surface area contributed by atoms with Gasteiger partial charge < -0.3 is 10.2 Å². The lowest BCUT2D eigenvalue weighted by Crippen LogP contribution is -2.44. The Bertz CT molecular complexity index is 468. The van der Waals surface area contributed by atoms with E-state index in [-0.39, 0.29) is 18.3 Å². The van der Waals surface area contributed by atoms with Gasteiger partial charge in [0.1, 0.15) is 5.82 Å². The van der Waals surface area contributed by atoms with E-state index in [0.29, 0.717) is 0 Å². The van der Waals surface area contributed by atoms with Crippen molar-refractivity contribution in [2.45, 2.75) is 24.9 Å². The molecular formula is C13H17ClF3N3. The number of alkyl halides is 3. The summed E-state index contributed by atoms with van der Waals surface area (Å²) in [6.07, 6.45) is -1.40. The molecule has 2 fully saturated rings. The number of rotatable bonds is 2. The summed E-state index contributed by atoms with van der Waals surface area (Å²) in [7, 11) is 0. The molecule has 1 aliphatic heterocycles. The number of halogens is 4. The van der Waals surface area contributed by atoms with Crippen LogP contribution in [-0.4, -0.2) is 31.2 Å². The van der Waals surface area contributed by atoms with Crippen molar-refractivity contribution in [2.24, 2.45) is 0 Å². The van der Waals surface area contributed by atoms with E-state index in [1.807, 2.05) is 0 Å². The van der Waals surface area contributed by atoms with Crippen molar-refractivity contribution < 1.29 is 13.2 Å². The van der Waals surface area contributed by atoms with E-state index < -0.39 is 11.7 Å². The highest BCUT2D eigenvalue weighted by molar-refractivity contribution is 5.85. The highest BCUT2D eigenvalue weighted by Crippen LogP contribution is 2.45. The molecule has 0 radical (unpaired) electrons. The topological polar surface area (TPSA) is 28.2 Å².